The van der Waals surface area contributed by atoms with Crippen LogP contribution in [0, 0.1) is 0 Å². The minimum Gasteiger partial charge on any atom is -0.336 e. The van der Waals surface area contributed by atoms with E-state index in [1.807, 2.05) is 17.0 Å². The number of hydrogen-bond donors (Lipinski definition) is 1. The highest BCUT2D eigenvalue weighted by molar-refractivity contribution is 5.74. The van der Waals surface area contributed by atoms with Crippen LogP contribution in [-0.2, 0) is 13.0 Å². The van der Waals surface area contributed by atoms with E-state index in [9.17, 15) is 4.79 Å². The lowest BCUT2D eigenvalue weighted by atomic mass is 10.1. The standard InChI is InChI=1S/C22H29N3O/c1-19(12-13-20-8-4-2-5-9-20)23-22(26)25-16-14-24(15-17-25)18-21-10-6-3-7-11-21/h2-11,19H,12-18H2,1H3,(H,23,26). The summed E-state index contributed by atoms with van der Waals surface area (Å²) in [7, 11) is 0. The maximum absolute atomic E-state index is 12.5. The van der Waals surface area contributed by atoms with Crippen molar-refractivity contribution in [1.29, 1.82) is 0 Å². The molecule has 2 aromatic rings. The number of carbonyl (C=O) groups is 1. The first kappa shape index (κ1) is 18.5. The van der Waals surface area contributed by atoms with Crippen LogP contribution in [-0.4, -0.2) is 48.1 Å². The number of urea groups is 1. The predicted octanol–water partition coefficient (Wildman–Crippen LogP) is 3.54. The number of carbonyl (C=O) groups excluding carboxylic acids is 1. The van der Waals surface area contributed by atoms with Crippen molar-refractivity contribution in [2.75, 3.05) is 26.2 Å². The Morgan fingerprint density at radius 2 is 1.50 bits per heavy atom. The van der Waals surface area contributed by atoms with Crippen molar-refractivity contribution in [2.24, 2.45) is 0 Å². The van der Waals surface area contributed by atoms with E-state index in [1.165, 1.54) is 11.1 Å². The molecule has 1 unspecified atom stereocenters. The van der Waals surface area contributed by atoms with Crippen LogP contribution >= 0.6 is 0 Å². The monoisotopic (exact) mass is 351 g/mol. The molecule has 0 aromatic heterocycles. The van der Waals surface area contributed by atoms with Gasteiger partial charge in [-0.15, -0.1) is 0 Å². The molecule has 1 fully saturated rings. The van der Waals surface area contributed by atoms with Gasteiger partial charge in [0.25, 0.3) is 0 Å². The topological polar surface area (TPSA) is 35.6 Å². The lowest BCUT2D eigenvalue weighted by Gasteiger charge is -2.35. The second-order valence-corrected chi connectivity index (χ2v) is 7.12. The molecule has 2 amide bonds. The second-order valence-electron chi connectivity index (χ2n) is 7.12. The van der Waals surface area contributed by atoms with E-state index in [0.717, 1.165) is 45.6 Å². The number of amides is 2. The summed E-state index contributed by atoms with van der Waals surface area (Å²) in [6, 6.07) is 21.2. The molecular weight excluding hydrogens is 322 g/mol. The Hall–Kier alpha value is -2.33. The van der Waals surface area contributed by atoms with E-state index < -0.39 is 0 Å². The minimum atomic E-state index is 0.0740. The van der Waals surface area contributed by atoms with Crippen LogP contribution in [0.5, 0.6) is 0 Å². The first-order valence-electron chi connectivity index (χ1n) is 9.56. The average Bonchev–Trinajstić information content (AvgIpc) is 2.68. The molecule has 138 valence electrons. The summed E-state index contributed by atoms with van der Waals surface area (Å²) in [6.07, 6.45) is 1.96. The van der Waals surface area contributed by atoms with Crippen molar-refractivity contribution in [3.63, 3.8) is 0 Å². The normalized spacial score (nSPS) is 16.3. The van der Waals surface area contributed by atoms with Gasteiger partial charge in [0.15, 0.2) is 0 Å². The molecule has 0 saturated carbocycles. The Labute approximate surface area is 156 Å². The number of piperazine rings is 1. The van der Waals surface area contributed by atoms with Crippen LogP contribution < -0.4 is 5.32 Å². The van der Waals surface area contributed by atoms with E-state index in [-0.39, 0.29) is 12.1 Å². The van der Waals surface area contributed by atoms with Gasteiger partial charge in [-0.1, -0.05) is 60.7 Å². The molecule has 4 nitrogen and oxygen atoms in total. The van der Waals surface area contributed by atoms with Gasteiger partial charge in [-0.25, -0.2) is 4.79 Å². The third kappa shape index (κ3) is 5.60. The highest BCUT2D eigenvalue weighted by Crippen LogP contribution is 2.09. The Morgan fingerprint density at radius 3 is 2.12 bits per heavy atom. The second kappa shape index (κ2) is 9.39. The molecule has 2 aromatic carbocycles. The number of aryl methyl sites for hydroxylation is 1. The highest BCUT2D eigenvalue weighted by Gasteiger charge is 2.21. The minimum absolute atomic E-state index is 0.0740. The van der Waals surface area contributed by atoms with Crippen LogP contribution in [0.1, 0.15) is 24.5 Å². The van der Waals surface area contributed by atoms with Gasteiger partial charge in [-0.05, 0) is 30.9 Å². The van der Waals surface area contributed by atoms with Crippen LogP contribution in [0.2, 0.25) is 0 Å². The molecule has 1 atom stereocenters. The summed E-state index contributed by atoms with van der Waals surface area (Å²) < 4.78 is 0. The average molecular weight is 351 g/mol. The summed E-state index contributed by atoms with van der Waals surface area (Å²) in [5.41, 5.74) is 2.66. The van der Waals surface area contributed by atoms with E-state index >= 15 is 0 Å². The summed E-state index contributed by atoms with van der Waals surface area (Å²) in [5.74, 6) is 0. The van der Waals surface area contributed by atoms with Gasteiger partial charge < -0.3 is 10.2 Å². The lowest BCUT2D eigenvalue weighted by molar-refractivity contribution is 0.133. The molecule has 1 saturated heterocycles. The summed E-state index contributed by atoms with van der Waals surface area (Å²) in [4.78, 5) is 16.8. The fourth-order valence-corrected chi connectivity index (χ4v) is 3.35. The maximum Gasteiger partial charge on any atom is 0.317 e. The molecule has 1 N–H and O–H groups in total. The zero-order chi connectivity index (χ0) is 18.2. The fraction of sp³-hybridized carbons (Fsp3) is 0.409. The van der Waals surface area contributed by atoms with Crippen molar-refractivity contribution in [3.05, 3.63) is 71.8 Å². The summed E-state index contributed by atoms with van der Waals surface area (Å²) >= 11 is 0. The highest BCUT2D eigenvalue weighted by atomic mass is 16.2. The first-order valence-corrected chi connectivity index (χ1v) is 9.56. The molecule has 0 bridgehead atoms. The SMILES string of the molecule is CC(CCc1ccccc1)NC(=O)N1CCN(Cc2ccccc2)CC1. The molecule has 26 heavy (non-hydrogen) atoms. The number of nitrogens with one attached hydrogen (secondary N) is 1. The van der Waals surface area contributed by atoms with E-state index in [1.54, 1.807) is 0 Å². The Bertz CT molecular complexity index is 666. The van der Waals surface area contributed by atoms with Crippen LogP contribution in [0.25, 0.3) is 0 Å². The first-order chi connectivity index (χ1) is 12.7. The zero-order valence-corrected chi connectivity index (χ0v) is 15.6. The third-order valence-electron chi connectivity index (χ3n) is 4.99. The third-order valence-corrected chi connectivity index (χ3v) is 4.99. The lowest BCUT2D eigenvalue weighted by Crippen LogP contribution is -2.52. The van der Waals surface area contributed by atoms with Gasteiger partial charge in [-0.2, -0.15) is 0 Å². The number of nitrogens with zero attached hydrogens (tertiary/aromatic N) is 2. The quantitative estimate of drug-likeness (QED) is 0.864. The van der Waals surface area contributed by atoms with Crippen molar-refractivity contribution < 1.29 is 4.79 Å². The van der Waals surface area contributed by atoms with Crippen LogP contribution in [0.4, 0.5) is 4.79 Å². The Balaban J connectivity index is 1.37. The number of hydrogen-bond acceptors (Lipinski definition) is 2. The molecule has 0 aliphatic carbocycles. The fourth-order valence-electron chi connectivity index (χ4n) is 3.35. The predicted molar refractivity (Wildman–Crippen MR) is 106 cm³/mol. The number of rotatable bonds is 6. The van der Waals surface area contributed by atoms with Crippen molar-refractivity contribution in [2.45, 2.75) is 32.4 Å². The molecule has 3 rings (SSSR count). The van der Waals surface area contributed by atoms with Gasteiger partial charge in [0.2, 0.25) is 0 Å². The molecule has 1 heterocycles. The van der Waals surface area contributed by atoms with E-state index in [4.69, 9.17) is 0 Å². The van der Waals surface area contributed by atoms with Gasteiger partial charge >= 0.3 is 6.03 Å². The van der Waals surface area contributed by atoms with E-state index in [2.05, 4.69) is 65.7 Å². The smallest absolute Gasteiger partial charge is 0.317 e. The van der Waals surface area contributed by atoms with E-state index in [0.29, 0.717) is 0 Å². The Kier molecular flexibility index (Phi) is 6.67. The van der Waals surface area contributed by atoms with Gasteiger partial charge in [0.05, 0.1) is 0 Å². The van der Waals surface area contributed by atoms with Crippen molar-refractivity contribution in [1.82, 2.24) is 15.1 Å². The largest absolute Gasteiger partial charge is 0.336 e. The molecular formula is C22H29N3O. The van der Waals surface area contributed by atoms with Gasteiger partial charge in [0.1, 0.15) is 0 Å². The molecule has 0 spiro atoms. The molecule has 1 aliphatic rings. The summed E-state index contributed by atoms with van der Waals surface area (Å²) in [5, 5.41) is 3.15. The Morgan fingerprint density at radius 1 is 0.923 bits per heavy atom. The zero-order valence-electron chi connectivity index (χ0n) is 15.6. The molecule has 4 heteroatoms. The number of benzene rings is 2. The van der Waals surface area contributed by atoms with Crippen molar-refractivity contribution >= 4 is 6.03 Å². The van der Waals surface area contributed by atoms with Crippen molar-refractivity contribution in [3.8, 4) is 0 Å². The maximum atomic E-state index is 12.5. The van der Waals surface area contributed by atoms with Gasteiger partial charge in [-0.3, -0.25) is 4.90 Å². The van der Waals surface area contributed by atoms with Crippen LogP contribution in [0.3, 0.4) is 0 Å². The summed E-state index contributed by atoms with van der Waals surface area (Å²) in [6.45, 7) is 6.51. The molecule has 0 radical (unpaired) electrons. The van der Waals surface area contributed by atoms with Gasteiger partial charge in [0, 0.05) is 38.8 Å². The molecule has 1 aliphatic heterocycles. The van der Waals surface area contributed by atoms with Crippen LogP contribution in [0.15, 0.2) is 60.7 Å².